The van der Waals surface area contributed by atoms with Crippen LogP contribution in [0.2, 0.25) is 0 Å². The van der Waals surface area contributed by atoms with E-state index in [-0.39, 0.29) is 17.3 Å². The van der Waals surface area contributed by atoms with Gasteiger partial charge in [0, 0.05) is 6.42 Å². The minimum absolute atomic E-state index is 0.0768. The fourth-order valence-electron chi connectivity index (χ4n) is 1.67. The fraction of sp³-hybridized carbons (Fsp3) is 0.375. The summed E-state index contributed by atoms with van der Waals surface area (Å²) in [5.74, 6) is 0.198. The minimum Gasteiger partial charge on any atom is -0.293 e. The van der Waals surface area contributed by atoms with Crippen molar-refractivity contribution < 1.29 is 4.79 Å². The van der Waals surface area contributed by atoms with Gasteiger partial charge in [-0.1, -0.05) is 45.0 Å². The van der Waals surface area contributed by atoms with Gasteiger partial charge in [-0.3, -0.25) is 4.79 Å². The average molecular weight is 241 g/mol. The molecule has 0 aliphatic heterocycles. The maximum Gasteiger partial charge on any atom is 0.173 e. The largest absolute Gasteiger partial charge is 0.293 e. The first kappa shape index (κ1) is 14.2. The van der Waals surface area contributed by atoms with Crippen LogP contribution in [-0.4, -0.2) is 5.78 Å². The molecule has 1 aromatic carbocycles. The number of Topliss-reactive ketones (excluding diaryl/α,β-unsaturated/α-hetero) is 1. The highest BCUT2D eigenvalue weighted by Gasteiger charge is 2.10. The third kappa shape index (κ3) is 4.18. The van der Waals surface area contributed by atoms with Crippen LogP contribution in [0.3, 0.4) is 0 Å². The summed E-state index contributed by atoms with van der Waals surface area (Å²) in [5, 5.41) is 9.03. The second kappa shape index (κ2) is 6.76. The maximum absolute atomic E-state index is 11.8. The van der Waals surface area contributed by atoms with E-state index in [0.29, 0.717) is 6.42 Å². The van der Waals surface area contributed by atoms with Gasteiger partial charge in [0.2, 0.25) is 0 Å². The van der Waals surface area contributed by atoms with Crippen LogP contribution in [0.5, 0.6) is 0 Å². The number of aryl methyl sites for hydroxylation is 1. The molecule has 0 spiro atoms. The number of ketones is 1. The van der Waals surface area contributed by atoms with Crippen molar-refractivity contribution in [2.75, 3.05) is 0 Å². The van der Waals surface area contributed by atoms with Crippen LogP contribution in [-0.2, 0) is 11.2 Å². The zero-order valence-corrected chi connectivity index (χ0v) is 11.2. The van der Waals surface area contributed by atoms with Crippen molar-refractivity contribution >= 4 is 11.9 Å². The highest BCUT2D eigenvalue weighted by Crippen LogP contribution is 2.13. The van der Waals surface area contributed by atoms with E-state index < -0.39 is 0 Å². The van der Waals surface area contributed by atoms with E-state index in [0.717, 1.165) is 12.0 Å². The molecule has 2 nitrogen and oxygen atoms in total. The highest BCUT2D eigenvalue weighted by atomic mass is 16.1. The van der Waals surface area contributed by atoms with Crippen molar-refractivity contribution in [1.29, 1.82) is 5.26 Å². The van der Waals surface area contributed by atoms with E-state index in [2.05, 4.69) is 6.92 Å². The van der Waals surface area contributed by atoms with Crippen molar-refractivity contribution in [3.8, 4) is 6.07 Å². The van der Waals surface area contributed by atoms with Gasteiger partial charge in [0.15, 0.2) is 5.78 Å². The summed E-state index contributed by atoms with van der Waals surface area (Å²) < 4.78 is 0. The van der Waals surface area contributed by atoms with Gasteiger partial charge in [0.05, 0.1) is 5.57 Å². The molecule has 0 atom stereocenters. The Morgan fingerprint density at radius 2 is 1.94 bits per heavy atom. The van der Waals surface area contributed by atoms with Crippen LogP contribution in [0.4, 0.5) is 0 Å². The van der Waals surface area contributed by atoms with Crippen molar-refractivity contribution in [2.24, 2.45) is 5.92 Å². The summed E-state index contributed by atoms with van der Waals surface area (Å²) in [5.41, 5.74) is 2.40. The Morgan fingerprint density at radius 1 is 1.33 bits per heavy atom. The third-order valence-corrected chi connectivity index (χ3v) is 2.71. The van der Waals surface area contributed by atoms with Crippen LogP contribution in [0.1, 0.15) is 38.3 Å². The Bertz CT molecular complexity index is 475. The Kier molecular flexibility index (Phi) is 5.32. The quantitative estimate of drug-likeness (QED) is 0.581. The molecule has 1 aromatic rings. The molecule has 0 aromatic heterocycles. The summed E-state index contributed by atoms with van der Waals surface area (Å²) in [6.07, 6.45) is 3.08. The Hall–Kier alpha value is -1.88. The van der Waals surface area contributed by atoms with Gasteiger partial charge in [0.1, 0.15) is 6.07 Å². The number of rotatable bonds is 5. The molecule has 0 amide bonds. The molecule has 0 aliphatic rings. The van der Waals surface area contributed by atoms with Crippen molar-refractivity contribution in [3.05, 3.63) is 41.0 Å². The summed E-state index contributed by atoms with van der Waals surface area (Å²) in [6, 6.07) is 9.93. The monoisotopic (exact) mass is 241 g/mol. The molecule has 0 saturated heterocycles. The number of carbonyl (C=O) groups excluding carboxylic acids is 1. The lowest BCUT2D eigenvalue weighted by atomic mass is 10.00. The number of hydrogen-bond acceptors (Lipinski definition) is 2. The molecule has 0 heterocycles. The van der Waals surface area contributed by atoms with Crippen molar-refractivity contribution in [1.82, 2.24) is 0 Å². The van der Waals surface area contributed by atoms with Crippen LogP contribution in [0.15, 0.2) is 29.8 Å². The zero-order chi connectivity index (χ0) is 13.5. The number of benzene rings is 1. The number of nitrogens with zero attached hydrogens (tertiary/aromatic N) is 1. The lowest BCUT2D eigenvalue weighted by Crippen LogP contribution is -2.04. The van der Waals surface area contributed by atoms with E-state index in [1.165, 1.54) is 5.56 Å². The van der Waals surface area contributed by atoms with Crippen molar-refractivity contribution in [3.63, 3.8) is 0 Å². The van der Waals surface area contributed by atoms with Gasteiger partial charge in [-0.15, -0.1) is 0 Å². The summed E-state index contributed by atoms with van der Waals surface area (Å²) in [4.78, 5) is 11.8. The zero-order valence-electron chi connectivity index (χ0n) is 11.2. The first-order valence-electron chi connectivity index (χ1n) is 6.30. The van der Waals surface area contributed by atoms with E-state index in [9.17, 15) is 4.79 Å². The van der Waals surface area contributed by atoms with E-state index in [4.69, 9.17) is 5.26 Å². The molecule has 94 valence electrons. The number of allylic oxidation sites excluding steroid dienone is 1. The second-order valence-electron chi connectivity index (χ2n) is 4.79. The Balaban J connectivity index is 2.90. The van der Waals surface area contributed by atoms with Gasteiger partial charge < -0.3 is 0 Å². The molecule has 0 unspecified atom stereocenters. The highest BCUT2D eigenvalue weighted by molar-refractivity contribution is 6.03. The van der Waals surface area contributed by atoms with Crippen LogP contribution in [0.25, 0.3) is 6.08 Å². The van der Waals surface area contributed by atoms with Crippen LogP contribution in [0, 0.1) is 17.2 Å². The van der Waals surface area contributed by atoms with Crippen molar-refractivity contribution in [2.45, 2.75) is 33.6 Å². The number of hydrogen-bond donors (Lipinski definition) is 0. The smallest absolute Gasteiger partial charge is 0.173 e. The standard InChI is InChI=1S/C16H19NO/c1-4-13-5-7-14(8-6-13)10-15(11-17)16(18)9-12(2)3/h5-8,10,12H,4,9H2,1-3H3/b15-10+. The molecule has 2 heteroatoms. The molecule has 0 saturated carbocycles. The average Bonchev–Trinajstić information content (AvgIpc) is 2.35. The first-order valence-corrected chi connectivity index (χ1v) is 6.30. The molecule has 0 fully saturated rings. The molecule has 0 N–H and O–H groups in total. The Labute approximate surface area is 109 Å². The van der Waals surface area contributed by atoms with E-state index >= 15 is 0 Å². The lowest BCUT2D eigenvalue weighted by molar-refractivity contribution is -0.115. The number of nitriles is 1. The van der Waals surface area contributed by atoms with Gasteiger partial charge in [-0.25, -0.2) is 0 Å². The molecule has 0 bridgehead atoms. The minimum atomic E-state index is -0.0768. The second-order valence-corrected chi connectivity index (χ2v) is 4.79. The fourth-order valence-corrected chi connectivity index (χ4v) is 1.67. The van der Waals surface area contributed by atoms with Gasteiger partial charge in [-0.05, 0) is 29.5 Å². The molecular weight excluding hydrogens is 222 g/mol. The van der Waals surface area contributed by atoms with Gasteiger partial charge in [0.25, 0.3) is 0 Å². The summed E-state index contributed by atoms with van der Waals surface area (Å²) in [6.45, 7) is 6.05. The van der Waals surface area contributed by atoms with Gasteiger partial charge >= 0.3 is 0 Å². The lowest BCUT2D eigenvalue weighted by Gasteiger charge is -2.03. The van der Waals surface area contributed by atoms with Crippen LogP contribution >= 0.6 is 0 Å². The predicted molar refractivity (Wildman–Crippen MR) is 73.9 cm³/mol. The first-order chi connectivity index (χ1) is 8.56. The summed E-state index contributed by atoms with van der Waals surface area (Å²) in [7, 11) is 0. The third-order valence-electron chi connectivity index (χ3n) is 2.71. The number of carbonyl (C=O) groups is 1. The normalized spacial score (nSPS) is 11.4. The van der Waals surface area contributed by atoms with E-state index in [1.54, 1.807) is 6.08 Å². The maximum atomic E-state index is 11.8. The van der Waals surface area contributed by atoms with Gasteiger partial charge in [-0.2, -0.15) is 5.26 Å². The topological polar surface area (TPSA) is 40.9 Å². The molecule has 18 heavy (non-hydrogen) atoms. The predicted octanol–water partition coefficient (Wildman–Crippen LogP) is 3.77. The SMILES string of the molecule is CCc1ccc(/C=C(\C#N)C(=O)CC(C)C)cc1. The molecule has 1 rings (SSSR count). The van der Waals surface area contributed by atoms with Crippen LogP contribution < -0.4 is 0 Å². The Morgan fingerprint density at radius 3 is 2.39 bits per heavy atom. The van der Waals surface area contributed by atoms with E-state index in [1.807, 2.05) is 44.2 Å². The molecule has 0 aliphatic carbocycles. The summed E-state index contributed by atoms with van der Waals surface area (Å²) >= 11 is 0. The molecular formula is C16H19NO. The molecule has 0 radical (unpaired) electrons.